The molecule has 2 N–H and O–H groups in total. The van der Waals surface area contributed by atoms with Gasteiger partial charge >= 0.3 is 6.16 Å². The van der Waals surface area contributed by atoms with Gasteiger partial charge in [-0.3, -0.25) is 0 Å². The van der Waals surface area contributed by atoms with E-state index in [-0.39, 0.29) is 13.2 Å². The van der Waals surface area contributed by atoms with Gasteiger partial charge in [0.25, 0.3) is 0 Å². The molecule has 1 aromatic rings. The smallest absolute Gasteiger partial charge is 0.431 e. The molecule has 1 aromatic carbocycles. The normalized spacial score (nSPS) is 11.9. The van der Waals surface area contributed by atoms with Crippen molar-refractivity contribution in [2.45, 2.75) is 12.7 Å². The van der Waals surface area contributed by atoms with Crippen molar-refractivity contribution in [3.05, 3.63) is 35.9 Å². The number of aliphatic hydroxyl groups excluding tert-OH is 2. The highest BCUT2D eigenvalue weighted by molar-refractivity contribution is 5.59. The molecule has 88 valence electrons. The topological polar surface area (TPSA) is 76.0 Å². The number of rotatable bonds is 5. The van der Waals surface area contributed by atoms with Crippen LogP contribution in [0, 0.1) is 0 Å². The summed E-state index contributed by atoms with van der Waals surface area (Å²) in [6.45, 7) is -0.606. The molecule has 0 heterocycles. The fraction of sp³-hybridized carbons (Fsp3) is 0.364. The Morgan fingerprint density at radius 2 is 1.94 bits per heavy atom. The van der Waals surface area contributed by atoms with Crippen molar-refractivity contribution in [1.82, 2.24) is 0 Å². The lowest BCUT2D eigenvalue weighted by molar-refractivity contribution is -0.00173. The van der Waals surface area contributed by atoms with Crippen LogP contribution in [-0.4, -0.2) is 35.7 Å². The second-order valence-electron chi connectivity index (χ2n) is 3.17. The molecule has 16 heavy (non-hydrogen) atoms. The largest absolute Gasteiger partial charge is 0.508 e. The van der Waals surface area contributed by atoms with Gasteiger partial charge in [-0.05, 0) is 5.56 Å². The van der Waals surface area contributed by atoms with E-state index < -0.39 is 18.9 Å². The van der Waals surface area contributed by atoms with Gasteiger partial charge in [0.1, 0.15) is 19.3 Å². The second kappa shape index (κ2) is 6.81. The number of hydrogen-bond acceptors (Lipinski definition) is 5. The summed E-state index contributed by atoms with van der Waals surface area (Å²) < 4.78 is 9.31. The number of ether oxygens (including phenoxy) is 2. The van der Waals surface area contributed by atoms with E-state index in [2.05, 4.69) is 4.74 Å². The third kappa shape index (κ3) is 4.77. The van der Waals surface area contributed by atoms with Gasteiger partial charge in [-0.15, -0.1) is 0 Å². The molecule has 0 radical (unpaired) electrons. The summed E-state index contributed by atoms with van der Waals surface area (Å²) in [4.78, 5) is 11.0. The van der Waals surface area contributed by atoms with Crippen molar-refractivity contribution >= 4 is 6.16 Å². The molecule has 1 rings (SSSR count). The van der Waals surface area contributed by atoms with Crippen molar-refractivity contribution in [2.24, 2.45) is 0 Å². The molecule has 0 aromatic heterocycles. The number of hydrogen-bond donors (Lipinski definition) is 2. The minimum atomic E-state index is -1.07. The van der Waals surface area contributed by atoms with Crippen LogP contribution in [0.25, 0.3) is 0 Å². The van der Waals surface area contributed by atoms with Gasteiger partial charge in [-0.1, -0.05) is 30.3 Å². The average molecular weight is 226 g/mol. The Morgan fingerprint density at radius 3 is 2.56 bits per heavy atom. The highest BCUT2D eigenvalue weighted by Gasteiger charge is 2.08. The van der Waals surface area contributed by atoms with Gasteiger partial charge < -0.3 is 19.7 Å². The third-order valence-corrected chi connectivity index (χ3v) is 1.80. The van der Waals surface area contributed by atoms with E-state index in [1.165, 1.54) is 0 Å². The molecule has 0 bridgehead atoms. The zero-order valence-corrected chi connectivity index (χ0v) is 8.70. The van der Waals surface area contributed by atoms with Gasteiger partial charge in [0, 0.05) is 0 Å². The van der Waals surface area contributed by atoms with Crippen LogP contribution in [0.3, 0.4) is 0 Å². The molecule has 0 aliphatic rings. The van der Waals surface area contributed by atoms with Crippen LogP contribution >= 0.6 is 0 Å². The maximum absolute atomic E-state index is 11.0. The van der Waals surface area contributed by atoms with Crippen molar-refractivity contribution < 1.29 is 24.5 Å². The first-order chi connectivity index (χ1) is 7.72. The molecular formula is C11H14O5. The average Bonchev–Trinajstić information content (AvgIpc) is 2.34. The molecule has 0 amide bonds. The zero-order valence-electron chi connectivity index (χ0n) is 8.70. The number of carbonyl (C=O) groups excluding carboxylic acids is 1. The third-order valence-electron chi connectivity index (χ3n) is 1.80. The van der Waals surface area contributed by atoms with Crippen molar-refractivity contribution in [1.29, 1.82) is 0 Å². The molecular weight excluding hydrogens is 212 g/mol. The molecule has 0 spiro atoms. The van der Waals surface area contributed by atoms with E-state index >= 15 is 0 Å². The molecule has 0 saturated carbocycles. The van der Waals surface area contributed by atoms with Gasteiger partial charge in [-0.2, -0.15) is 0 Å². The van der Waals surface area contributed by atoms with E-state index in [1.807, 2.05) is 30.3 Å². The lowest BCUT2D eigenvalue weighted by Gasteiger charge is -2.08. The lowest BCUT2D eigenvalue weighted by atomic mass is 10.2. The standard InChI is InChI=1S/C11H14O5/c12-6-10(13)8-16-11(14)15-7-9-4-2-1-3-5-9/h1-5,10,12-13H,6-8H2. The Balaban J connectivity index is 2.20. The molecule has 0 saturated heterocycles. The van der Waals surface area contributed by atoms with E-state index in [4.69, 9.17) is 14.9 Å². The van der Waals surface area contributed by atoms with Crippen LogP contribution in [0.2, 0.25) is 0 Å². The fourth-order valence-electron chi connectivity index (χ4n) is 0.975. The Morgan fingerprint density at radius 1 is 1.25 bits per heavy atom. The maximum atomic E-state index is 11.0. The predicted octanol–water partition coefficient (Wildman–Crippen LogP) is 0.693. The van der Waals surface area contributed by atoms with E-state index in [1.54, 1.807) is 0 Å². The first-order valence-corrected chi connectivity index (χ1v) is 4.84. The Labute approximate surface area is 93.2 Å². The van der Waals surface area contributed by atoms with E-state index in [0.717, 1.165) is 5.56 Å². The van der Waals surface area contributed by atoms with E-state index in [9.17, 15) is 4.79 Å². The minimum absolute atomic E-state index is 0.120. The minimum Gasteiger partial charge on any atom is -0.431 e. The summed E-state index contributed by atoms with van der Waals surface area (Å²) in [5, 5.41) is 17.4. The van der Waals surface area contributed by atoms with Crippen LogP contribution in [0.4, 0.5) is 4.79 Å². The zero-order chi connectivity index (χ0) is 11.8. The molecule has 5 heteroatoms. The van der Waals surface area contributed by atoms with Gasteiger partial charge in [0.15, 0.2) is 0 Å². The fourth-order valence-corrected chi connectivity index (χ4v) is 0.975. The number of aliphatic hydroxyl groups is 2. The molecule has 0 fully saturated rings. The highest BCUT2D eigenvalue weighted by Crippen LogP contribution is 2.01. The SMILES string of the molecule is O=C(OCc1ccccc1)OCC(O)CO. The van der Waals surface area contributed by atoms with Gasteiger partial charge in [0.05, 0.1) is 6.61 Å². The van der Waals surface area contributed by atoms with E-state index in [0.29, 0.717) is 0 Å². The van der Waals surface area contributed by atoms with Gasteiger partial charge in [0.2, 0.25) is 0 Å². The highest BCUT2D eigenvalue weighted by atomic mass is 16.7. The summed E-state index contributed by atoms with van der Waals surface area (Å²) in [5.74, 6) is 0. The molecule has 0 aliphatic heterocycles. The lowest BCUT2D eigenvalue weighted by Crippen LogP contribution is -2.22. The van der Waals surface area contributed by atoms with Crippen LogP contribution in [0.1, 0.15) is 5.56 Å². The van der Waals surface area contributed by atoms with Crippen LogP contribution in [-0.2, 0) is 16.1 Å². The maximum Gasteiger partial charge on any atom is 0.508 e. The second-order valence-corrected chi connectivity index (χ2v) is 3.17. The molecule has 0 aliphatic carbocycles. The molecule has 5 nitrogen and oxygen atoms in total. The quantitative estimate of drug-likeness (QED) is 0.722. The first kappa shape index (κ1) is 12.5. The number of carbonyl (C=O) groups is 1. The summed E-state index contributed by atoms with van der Waals surface area (Å²) in [6.07, 6.45) is -1.93. The Hall–Kier alpha value is -1.59. The predicted molar refractivity (Wildman–Crippen MR) is 55.7 cm³/mol. The van der Waals surface area contributed by atoms with Crippen LogP contribution in [0.5, 0.6) is 0 Å². The van der Waals surface area contributed by atoms with Crippen LogP contribution in [0.15, 0.2) is 30.3 Å². The van der Waals surface area contributed by atoms with Gasteiger partial charge in [-0.25, -0.2) is 4.79 Å². The molecule has 1 unspecified atom stereocenters. The number of benzene rings is 1. The monoisotopic (exact) mass is 226 g/mol. The van der Waals surface area contributed by atoms with Crippen molar-refractivity contribution in [2.75, 3.05) is 13.2 Å². The Kier molecular flexibility index (Phi) is 5.31. The van der Waals surface area contributed by atoms with Crippen molar-refractivity contribution in [3.8, 4) is 0 Å². The summed E-state index contributed by atoms with van der Waals surface area (Å²) >= 11 is 0. The summed E-state index contributed by atoms with van der Waals surface area (Å²) in [7, 11) is 0. The van der Waals surface area contributed by atoms with Crippen molar-refractivity contribution in [3.63, 3.8) is 0 Å². The first-order valence-electron chi connectivity index (χ1n) is 4.84. The Bertz CT molecular complexity index is 311. The molecule has 1 atom stereocenters. The summed E-state index contributed by atoms with van der Waals surface area (Å²) in [6, 6.07) is 9.16. The van der Waals surface area contributed by atoms with Crippen LogP contribution < -0.4 is 0 Å². The summed E-state index contributed by atoms with van der Waals surface area (Å²) in [5.41, 5.74) is 0.849.